The van der Waals surface area contributed by atoms with Crippen LogP contribution < -0.4 is 74.8 Å². The molecule has 1 aliphatic carbocycles. The van der Waals surface area contributed by atoms with Crippen LogP contribution in [0.25, 0.3) is 33.4 Å². The molecule has 2 aliphatic rings. The molecule has 0 N–H and O–H groups in total. The number of carbonyl (C=O) groups excluding carboxylic acids is 1. The molecule has 0 spiro atoms. The largest absolute Gasteiger partial charge is 1.00 e. The van der Waals surface area contributed by atoms with Gasteiger partial charge in [0.05, 0.1) is 25.0 Å². The van der Waals surface area contributed by atoms with Gasteiger partial charge in [-0.05, 0) is 65.5 Å². The number of carboxylic acid groups (broad SMARTS) is 1. The second-order valence-electron chi connectivity index (χ2n) is 6.06. The van der Waals surface area contributed by atoms with Crippen LogP contribution in [0.4, 0.5) is 0 Å². The molecule has 4 rings (SSSR count). The number of hydrogen-bond acceptors (Lipinski definition) is 5. The van der Waals surface area contributed by atoms with E-state index in [2.05, 4.69) is 63.7 Å². The summed E-state index contributed by atoms with van der Waals surface area (Å²) in [6.07, 6.45) is 0. The summed E-state index contributed by atoms with van der Waals surface area (Å²) >= 11 is 13.1. The van der Waals surface area contributed by atoms with Crippen molar-refractivity contribution < 1.29 is 78.5 Å². The molecular formula is C20H6Br4Na2O5. The summed E-state index contributed by atoms with van der Waals surface area (Å²) in [7, 11) is 0. The number of aromatic carboxylic acids is 1. The number of benzene rings is 3. The minimum atomic E-state index is -1.39. The van der Waals surface area contributed by atoms with E-state index in [1.165, 1.54) is 6.07 Å². The van der Waals surface area contributed by atoms with Crippen molar-refractivity contribution in [3.05, 3.63) is 70.1 Å². The van der Waals surface area contributed by atoms with E-state index in [1.54, 1.807) is 30.3 Å². The molecule has 146 valence electrons. The molecule has 2 aromatic rings. The van der Waals surface area contributed by atoms with Crippen molar-refractivity contribution in [3.63, 3.8) is 0 Å². The van der Waals surface area contributed by atoms with Crippen LogP contribution in [-0.2, 0) is 0 Å². The van der Waals surface area contributed by atoms with Gasteiger partial charge in [0.1, 0.15) is 5.58 Å². The molecule has 5 nitrogen and oxygen atoms in total. The van der Waals surface area contributed by atoms with Crippen LogP contribution >= 0.6 is 63.7 Å². The summed E-state index contributed by atoms with van der Waals surface area (Å²) in [5.74, 6) is -1.91. The molecule has 0 saturated carbocycles. The number of carboxylic acids is 1. The zero-order valence-electron chi connectivity index (χ0n) is 16.0. The maximum atomic E-state index is 13.1. The molecule has 0 unspecified atom stereocenters. The molecule has 2 aromatic carbocycles. The molecular weight excluding hydrogens is 686 g/mol. The molecule has 0 amide bonds. The first-order valence-corrected chi connectivity index (χ1v) is 11.1. The molecule has 0 bridgehead atoms. The normalized spacial score (nSPS) is 10.6. The van der Waals surface area contributed by atoms with Crippen molar-refractivity contribution in [2.45, 2.75) is 0 Å². The second-order valence-corrected chi connectivity index (χ2v) is 9.42. The van der Waals surface area contributed by atoms with E-state index in [-0.39, 0.29) is 90.5 Å². The van der Waals surface area contributed by atoms with E-state index in [1.807, 2.05) is 0 Å². The predicted octanol–water partition coefficient (Wildman–Crippen LogP) is -0.940. The SMILES string of the molecule is O=C([O-])c1ccccc1-c1c2c(=O)c(Br)c([O-])c(Br)c-2oc2c(Br)cc(Br)cc12.[Na+].[Na+]. The monoisotopic (exact) mass is 688 g/mol. The van der Waals surface area contributed by atoms with Gasteiger partial charge in [-0.2, -0.15) is 0 Å². The predicted molar refractivity (Wildman–Crippen MR) is 119 cm³/mol. The minimum Gasteiger partial charge on any atom is -0.871 e. The topological polar surface area (TPSA) is 93.4 Å². The van der Waals surface area contributed by atoms with E-state index in [9.17, 15) is 19.8 Å². The minimum absolute atomic E-state index is 0. The smallest absolute Gasteiger partial charge is 0.871 e. The Morgan fingerprint density at radius 3 is 2.23 bits per heavy atom. The van der Waals surface area contributed by atoms with Gasteiger partial charge in [0.25, 0.3) is 0 Å². The number of halogens is 4. The molecule has 31 heavy (non-hydrogen) atoms. The van der Waals surface area contributed by atoms with Gasteiger partial charge in [-0.1, -0.05) is 45.9 Å². The van der Waals surface area contributed by atoms with Crippen LogP contribution in [0.2, 0.25) is 0 Å². The fraction of sp³-hybridized carbons (Fsp3) is 0. The number of rotatable bonds is 2. The van der Waals surface area contributed by atoms with Crippen molar-refractivity contribution in [1.82, 2.24) is 0 Å². The first-order chi connectivity index (χ1) is 13.7. The zero-order chi connectivity index (χ0) is 21.0. The Morgan fingerprint density at radius 1 is 0.935 bits per heavy atom. The maximum absolute atomic E-state index is 13.1. The fourth-order valence-electron chi connectivity index (χ4n) is 3.19. The van der Waals surface area contributed by atoms with E-state index >= 15 is 0 Å². The van der Waals surface area contributed by atoms with Crippen molar-refractivity contribution in [1.29, 1.82) is 0 Å². The fourth-order valence-corrected chi connectivity index (χ4v) is 5.64. The number of carbonyl (C=O) groups is 1. The van der Waals surface area contributed by atoms with Crippen LogP contribution in [0.3, 0.4) is 0 Å². The molecule has 1 heterocycles. The molecule has 11 heteroatoms. The average molecular weight is 692 g/mol. The third kappa shape index (κ3) is 4.78. The first-order valence-electron chi connectivity index (χ1n) is 7.96. The van der Waals surface area contributed by atoms with Crippen LogP contribution in [0.15, 0.2) is 63.5 Å². The third-order valence-electron chi connectivity index (χ3n) is 4.40. The third-order valence-corrected chi connectivity index (χ3v) is 6.89. The Labute approximate surface area is 254 Å². The standard InChI is InChI=1S/C20H8Br4O5.2Na/c21-7-5-10-12(8-3-1-2-4-9(8)20(27)28)13-16(25)14(23)17(26)15(24)19(13)29-18(10)11(22)6-7;;/h1-6,26H,(H,27,28);;/q;2*+1/p-2. The summed E-state index contributed by atoms with van der Waals surface area (Å²) in [4.78, 5) is 24.9. The maximum Gasteiger partial charge on any atom is 1.00 e. The van der Waals surface area contributed by atoms with Crippen LogP contribution in [0.1, 0.15) is 10.4 Å². The van der Waals surface area contributed by atoms with Crippen LogP contribution in [-0.4, -0.2) is 5.97 Å². The average Bonchev–Trinajstić information content (AvgIpc) is 2.69. The Balaban J connectivity index is 0.00000171. The summed E-state index contributed by atoms with van der Waals surface area (Å²) < 4.78 is 7.07. The van der Waals surface area contributed by atoms with Gasteiger partial charge in [0.15, 0.2) is 5.76 Å². The molecule has 0 atom stereocenters. The summed E-state index contributed by atoms with van der Waals surface area (Å²) in [6.45, 7) is 0. The Bertz CT molecular complexity index is 1370. The molecule has 1 aliphatic heterocycles. The van der Waals surface area contributed by atoms with Gasteiger partial charge in [0.2, 0.25) is 5.43 Å². The van der Waals surface area contributed by atoms with Gasteiger partial charge in [-0.15, -0.1) is 0 Å². The van der Waals surface area contributed by atoms with Crippen LogP contribution in [0, 0.1) is 0 Å². The van der Waals surface area contributed by atoms with E-state index < -0.39 is 17.1 Å². The second kappa shape index (κ2) is 10.7. The summed E-state index contributed by atoms with van der Waals surface area (Å²) in [5.41, 5.74) is 0.348. The van der Waals surface area contributed by atoms with Gasteiger partial charge >= 0.3 is 59.1 Å². The molecule has 0 radical (unpaired) electrons. The zero-order valence-corrected chi connectivity index (χ0v) is 26.4. The quantitative estimate of drug-likeness (QED) is 0.200. The van der Waals surface area contributed by atoms with E-state index in [0.29, 0.717) is 25.5 Å². The summed E-state index contributed by atoms with van der Waals surface area (Å²) in [6, 6.07) is 9.67. The molecule has 0 fully saturated rings. The van der Waals surface area contributed by atoms with Gasteiger partial charge in [0, 0.05) is 21.0 Å². The molecule has 0 aromatic heterocycles. The van der Waals surface area contributed by atoms with E-state index in [0.717, 1.165) is 0 Å². The summed E-state index contributed by atoms with van der Waals surface area (Å²) in [5, 5.41) is 24.7. The number of hydrogen-bond donors (Lipinski definition) is 0. The van der Waals surface area contributed by atoms with Crippen LogP contribution in [0.5, 0.6) is 5.75 Å². The van der Waals surface area contributed by atoms with E-state index in [4.69, 9.17) is 4.42 Å². The van der Waals surface area contributed by atoms with Gasteiger partial charge < -0.3 is 19.4 Å². The first kappa shape index (κ1) is 27.6. The Hall–Kier alpha value is 0.320. The van der Waals surface area contributed by atoms with Gasteiger partial charge in [-0.3, -0.25) is 4.79 Å². The van der Waals surface area contributed by atoms with Gasteiger partial charge in [-0.25, -0.2) is 0 Å². The van der Waals surface area contributed by atoms with Crippen molar-refractivity contribution in [2.24, 2.45) is 0 Å². The van der Waals surface area contributed by atoms with Crippen molar-refractivity contribution >= 4 is 80.7 Å². The number of fused-ring (bicyclic) bond motifs is 2. The molecule has 0 saturated heterocycles. The van der Waals surface area contributed by atoms with Crippen molar-refractivity contribution in [2.75, 3.05) is 0 Å². The Kier molecular flexibility index (Phi) is 9.53. The van der Waals surface area contributed by atoms with Crippen molar-refractivity contribution in [3.8, 4) is 28.2 Å². The Morgan fingerprint density at radius 2 is 1.58 bits per heavy atom.